The highest BCUT2D eigenvalue weighted by Gasteiger charge is 2.17. The molecule has 0 aromatic heterocycles. The van der Waals surface area contributed by atoms with Crippen LogP contribution in [0.15, 0.2) is 23.1 Å². The Morgan fingerprint density at radius 2 is 2.00 bits per heavy atom. The molecule has 0 unspecified atom stereocenters. The van der Waals surface area contributed by atoms with Crippen LogP contribution >= 0.6 is 0 Å². The number of aliphatic hydroxyl groups excluding tert-OH is 1. The lowest BCUT2D eigenvalue weighted by atomic mass is 10.2. The molecule has 2 N–H and O–H groups in total. The minimum absolute atomic E-state index is 0.151. The van der Waals surface area contributed by atoms with Gasteiger partial charge >= 0.3 is 0 Å². The Labute approximate surface area is 96.4 Å². The fourth-order valence-corrected chi connectivity index (χ4v) is 2.95. The SMILES string of the molecule is Cc1ccc(CO)cc1S(=O)(=O)NC(C)C. The van der Waals surface area contributed by atoms with Gasteiger partial charge in [0.25, 0.3) is 0 Å². The van der Waals surface area contributed by atoms with Crippen molar-refractivity contribution in [2.45, 2.75) is 38.3 Å². The van der Waals surface area contributed by atoms with Crippen LogP contribution in [0, 0.1) is 6.92 Å². The molecular weight excluding hydrogens is 226 g/mol. The highest BCUT2D eigenvalue weighted by Crippen LogP contribution is 2.17. The fourth-order valence-electron chi connectivity index (χ4n) is 1.41. The Balaban J connectivity index is 3.21. The Hall–Kier alpha value is -0.910. The summed E-state index contributed by atoms with van der Waals surface area (Å²) in [4.78, 5) is 0.229. The van der Waals surface area contributed by atoms with E-state index in [1.54, 1.807) is 32.9 Å². The molecule has 90 valence electrons. The molecule has 0 aliphatic rings. The van der Waals surface area contributed by atoms with Crippen LogP contribution in [0.1, 0.15) is 25.0 Å². The molecule has 0 amide bonds. The molecule has 5 heteroatoms. The first-order valence-electron chi connectivity index (χ1n) is 5.09. The molecule has 0 bridgehead atoms. The van der Waals surface area contributed by atoms with Gasteiger partial charge < -0.3 is 5.11 Å². The highest BCUT2D eigenvalue weighted by atomic mass is 32.2. The predicted molar refractivity (Wildman–Crippen MR) is 62.6 cm³/mol. The smallest absolute Gasteiger partial charge is 0.241 e. The average Bonchev–Trinajstić information content (AvgIpc) is 2.16. The minimum Gasteiger partial charge on any atom is -0.392 e. The van der Waals surface area contributed by atoms with Gasteiger partial charge in [-0.15, -0.1) is 0 Å². The van der Waals surface area contributed by atoms with Gasteiger partial charge in [-0.3, -0.25) is 0 Å². The molecule has 0 atom stereocenters. The van der Waals surface area contributed by atoms with Crippen LogP contribution in [0.5, 0.6) is 0 Å². The summed E-state index contributed by atoms with van der Waals surface area (Å²) in [7, 11) is -3.48. The maximum atomic E-state index is 11.9. The summed E-state index contributed by atoms with van der Waals surface area (Å²) in [5.41, 5.74) is 1.26. The number of sulfonamides is 1. The van der Waals surface area contributed by atoms with Crippen molar-refractivity contribution in [1.29, 1.82) is 0 Å². The largest absolute Gasteiger partial charge is 0.392 e. The number of hydrogen-bond donors (Lipinski definition) is 2. The topological polar surface area (TPSA) is 66.4 Å². The maximum Gasteiger partial charge on any atom is 0.241 e. The second kappa shape index (κ2) is 4.95. The van der Waals surface area contributed by atoms with Crippen molar-refractivity contribution in [3.8, 4) is 0 Å². The second-order valence-corrected chi connectivity index (χ2v) is 5.72. The zero-order valence-corrected chi connectivity index (χ0v) is 10.5. The van der Waals surface area contributed by atoms with Crippen molar-refractivity contribution < 1.29 is 13.5 Å². The third kappa shape index (κ3) is 3.04. The van der Waals surface area contributed by atoms with E-state index < -0.39 is 10.0 Å². The Kier molecular flexibility index (Phi) is 4.07. The lowest BCUT2D eigenvalue weighted by molar-refractivity contribution is 0.281. The van der Waals surface area contributed by atoms with Gasteiger partial charge in [-0.2, -0.15) is 0 Å². The summed E-state index contributed by atoms with van der Waals surface area (Å²) in [5.74, 6) is 0. The predicted octanol–water partition coefficient (Wildman–Crippen LogP) is 1.17. The molecule has 1 rings (SSSR count). The summed E-state index contributed by atoms with van der Waals surface area (Å²) in [6.07, 6.45) is 0. The molecule has 0 aliphatic carbocycles. The van der Waals surface area contributed by atoms with Gasteiger partial charge in [0.1, 0.15) is 0 Å². The van der Waals surface area contributed by atoms with Gasteiger partial charge in [0.05, 0.1) is 11.5 Å². The van der Waals surface area contributed by atoms with Crippen molar-refractivity contribution in [3.63, 3.8) is 0 Å². The number of nitrogens with one attached hydrogen (secondary N) is 1. The zero-order chi connectivity index (χ0) is 12.3. The lowest BCUT2D eigenvalue weighted by Crippen LogP contribution is -2.30. The number of benzene rings is 1. The molecule has 0 fully saturated rings. The van der Waals surface area contributed by atoms with E-state index in [9.17, 15) is 8.42 Å². The Morgan fingerprint density at radius 1 is 1.38 bits per heavy atom. The normalized spacial score (nSPS) is 12.1. The van der Waals surface area contributed by atoms with Crippen molar-refractivity contribution in [2.24, 2.45) is 0 Å². The van der Waals surface area contributed by atoms with E-state index in [4.69, 9.17) is 5.11 Å². The van der Waals surface area contributed by atoms with Gasteiger partial charge in [-0.05, 0) is 38.0 Å². The molecule has 0 saturated heterocycles. The van der Waals surface area contributed by atoms with Gasteiger partial charge in [-0.25, -0.2) is 13.1 Å². The van der Waals surface area contributed by atoms with E-state index in [1.165, 1.54) is 6.07 Å². The molecule has 4 nitrogen and oxygen atoms in total. The third-order valence-electron chi connectivity index (χ3n) is 2.12. The van der Waals surface area contributed by atoms with Gasteiger partial charge in [-0.1, -0.05) is 12.1 Å². The van der Waals surface area contributed by atoms with Crippen LogP contribution < -0.4 is 4.72 Å². The van der Waals surface area contributed by atoms with Crippen LogP contribution in [-0.4, -0.2) is 19.6 Å². The van der Waals surface area contributed by atoms with Gasteiger partial charge in [0, 0.05) is 6.04 Å². The molecule has 1 aromatic rings. The Morgan fingerprint density at radius 3 is 2.50 bits per heavy atom. The van der Waals surface area contributed by atoms with E-state index in [2.05, 4.69) is 4.72 Å². The third-order valence-corrected chi connectivity index (χ3v) is 3.92. The molecule has 0 aliphatic heterocycles. The number of aliphatic hydroxyl groups is 1. The quantitative estimate of drug-likeness (QED) is 0.834. The summed E-state index contributed by atoms with van der Waals surface area (Å²) in [6, 6.07) is 4.76. The molecule has 0 heterocycles. The Bertz CT molecular complexity index is 466. The van der Waals surface area contributed by atoms with Crippen LogP contribution in [0.3, 0.4) is 0 Å². The van der Waals surface area contributed by atoms with Gasteiger partial charge in [0.2, 0.25) is 10.0 Å². The standard InChI is InChI=1S/C11H17NO3S/c1-8(2)12-16(14,15)11-6-10(7-13)5-4-9(11)3/h4-6,8,12-13H,7H2,1-3H3. The fraction of sp³-hybridized carbons (Fsp3) is 0.455. The van der Waals surface area contributed by atoms with Crippen LogP contribution in [0.2, 0.25) is 0 Å². The molecule has 0 saturated carbocycles. The summed E-state index contributed by atoms with van der Waals surface area (Å²) < 4.78 is 26.4. The van der Waals surface area contributed by atoms with Crippen LogP contribution in [-0.2, 0) is 16.6 Å². The summed E-state index contributed by atoms with van der Waals surface area (Å²) >= 11 is 0. The van der Waals surface area contributed by atoms with E-state index in [-0.39, 0.29) is 17.5 Å². The number of aryl methyl sites for hydroxylation is 1. The first kappa shape index (κ1) is 13.2. The average molecular weight is 243 g/mol. The molecule has 1 aromatic carbocycles. The lowest BCUT2D eigenvalue weighted by Gasteiger charge is -2.12. The molecule has 0 spiro atoms. The summed E-state index contributed by atoms with van der Waals surface area (Å²) in [6.45, 7) is 5.10. The number of hydrogen-bond acceptors (Lipinski definition) is 3. The highest BCUT2D eigenvalue weighted by molar-refractivity contribution is 7.89. The van der Waals surface area contributed by atoms with Crippen LogP contribution in [0.4, 0.5) is 0 Å². The van der Waals surface area contributed by atoms with Crippen molar-refractivity contribution in [1.82, 2.24) is 4.72 Å². The first-order valence-corrected chi connectivity index (χ1v) is 6.58. The molecule has 0 radical (unpaired) electrons. The second-order valence-electron chi connectivity index (χ2n) is 4.03. The zero-order valence-electron chi connectivity index (χ0n) is 9.69. The van der Waals surface area contributed by atoms with E-state index in [0.717, 1.165) is 0 Å². The first-order chi connectivity index (χ1) is 7.36. The van der Waals surface area contributed by atoms with E-state index in [0.29, 0.717) is 11.1 Å². The van der Waals surface area contributed by atoms with Gasteiger partial charge in [0.15, 0.2) is 0 Å². The number of rotatable bonds is 4. The van der Waals surface area contributed by atoms with Crippen LogP contribution in [0.25, 0.3) is 0 Å². The monoisotopic (exact) mass is 243 g/mol. The minimum atomic E-state index is -3.48. The maximum absolute atomic E-state index is 11.9. The van der Waals surface area contributed by atoms with Crippen molar-refractivity contribution in [3.05, 3.63) is 29.3 Å². The van der Waals surface area contributed by atoms with E-state index in [1.807, 2.05) is 0 Å². The van der Waals surface area contributed by atoms with Crippen molar-refractivity contribution >= 4 is 10.0 Å². The molecule has 16 heavy (non-hydrogen) atoms. The summed E-state index contributed by atoms with van der Waals surface area (Å²) in [5, 5.41) is 8.99. The van der Waals surface area contributed by atoms with E-state index >= 15 is 0 Å². The molecular formula is C11H17NO3S. The van der Waals surface area contributed by atoms with Crippen molar-refractivity contribution in [2.75, 3.05) is 0 Å².